The average Bonchev–Trinajstić information content (AvgIpc) is 2.56. The van der Waals surface area contributed by atoms with E-state index in [1.54, 1.807) is 0 Å². The highest BCUT2D eigenvalue weighted by atomic mass is 16.5. The highest BCUT2D eigenvalue weighted by molar-refractivity contribution is 5.47. The van der Waals surface area contributed by atoms with Crippen molar-refractivity contribution in [2.24, 2.45) is 0 Å². The third kappa shape index (κ3) is 5.57. The van der Waals surface area contributed by atoms with E-state index >= 15 is 0 Å². The van der Waals surface area contributed by atoms with Gasteiger partial charge in [-0.1, -0.05) is 12.1 Å². The molecular formula is C17H28N2O3. The molecule has 0 amide bonds. The maximum Gasteiger partial charge on any atom is 0.0606 e. The van der Waals surface area contributed by atoms with Gasteiger partial charge in [0.15, 0.2) is 0 Å². The molecule has 1 aromatic rings. The van der Waals surface area contributed by atoms with Crippen molar-refractivity contribution >= 4 is 5.69 Å². The fraction of sp³-hybridized carbons (Fsp3) is 0.647. The largest absolute Gasteiger partial charge is 0.395 e. The molecule has 0 bridgehead atoms. The van der Waals surface area contributed by atoms with E-state index in [-0.39, 0.29) is 13.2 Å². The minimum atomic E-state index is 0.0985. The fourth-order valence-electron chi connectivity index (χ4n) is 2.82. The summed E-state index contributed by atoms with van der Waals surface area (Å²) in [6.07, 6.45) is 2.24. The van der Waals surface area contributed by atoms with Crippen molar-refractivity contribution in [2.45, 2.75) is 12.8 Å². The molecule has 5 heteroatoms. The number of hydrogen-bond acceptors (Lipinski definition) is 5. The summed E-state index contributed by atoms with van der Waals surface area (Å²) < 4.78 is 5.36. The van der Waals surface area contributed by atoms with Gasteiger partial charge in [0, 0.05) is 31.9 Å². The van der Waals surface area contributed by atoms with E-state index in [9.17, 15) is 0 Å². The lowest BCUT2D eigenvalue weighted by Gasteiger charge is -2.26. The third-order valence-electron chi connectivity index (χ3n) is 4.08. The Kier molecular flexibility index (Phi) is 7.66. The zero-order valence-corrected chi connectivity index (χ0v) is 13.3. The van der Waals surface area contributed by atoms with Gasteiger partial charge in [0.25, 0.3) is 0 Å². The molecule has 1 aliphatic rings. The summed E-state index contributed by atoms with van der Waals surface area (Å²) in [5.74, 6) is 0. The third-order valence-corrected chi connectivity index (χ3v) is 4.08. The first kappa shape index (κ1) is 17.2. The van der Waals surface area contributed by atoms with Gasteiger partial charge in [-0.3, -0.25) is 4.90 Å². The van der Waals surface area contributed by atoms with Crippen molar-refractivity contribution in [1.29, 1.82) is 0 Å². The molecule has 0 atom stereocenters. The number of benzene rings is 1. The topological polar surface area (TPSA) is 56.2 Å². The van der Waals surface area contributed by atoms with Crippen LogP contribution in [0.25, 0.3) is 0 Å². The SMILES string of the molecule is OCCN(CCO)c1ccc(CCCN2CCOCC2)cc1. The minimum Gasteiger partial charge on any atom is -0.395 e. The molecule has 0 aliphatic carbocycles. The van der Waals surface area contributed by atoms with E-state index < -0.39 is 0 Å². The van der Waals surface area contributed by atoms with Crippen LogP contribution < -0.4 is 4.90 Å². The fourth-order valence-corrected chi connectivity index (χ4v) is 2.82. The smallest absolute Gasteiger partial charge is 0.0606 e. The molecule has 1 aliphatic heterocycles. The first-order valence-corrected chi connectivity index (χ1v) is 8.19. The number of aliphatic hydroxyl groups is 2. The molecule has 1 fully saturated rings. The normalized spacial score (nSPS) is 15.9. The lowest BCUT2D eigenvalue weighted by atomic mass is 10.1. The standard InChI is InChI=1S/C17H28N2O3/c20-12-8-19(9-13-21)17-5-3-16(4-6-17)2-1-7-18-10-14-22-15-11-18/h3-6,20-21H,1-2,7-15H2. The Hall–Kier alpha value is -1.14. The molecule has 0 aromatic heterocycles. The van der Waals surface area contributed by atoms with Gasteiger partial charge < -0.3 is 19.8 Å². The van der Waals surface area contributed by atoms with E-state index in [0.717, 1.165) is 51.4 Å². The van der Waals surface area contributed by atoms with Crippen molar-refractivity contribution in [3.8, 4) is 0 Å². The van der Waals surface area contributed by atoms with E-state index in [1.807, 2.05) is 4.90 Å². The Balaban J connectivity index is 1.77. The van der Waals surface area contributed by atoms with Gasteiger partial charge >= 0.3 is 0 Å². The Bertz CT molecular complexity index is 399. The predicted molar refractivity (Wildman–Crippen MR) is 88.4 cm³/mol. The summed E-state index contributed by atoms with van der Waals surface area (Å²) in [4.78, 5) is 4.46. The van der Waals surface area contributed by atoms with Crippen LogP contribution in [0.5, 0.6) is 0 Å². The molecule has 0 spiro atoms. The maximum absolute atomic E-state index is 9.08. The van der Waals surface area contributed by atoms with E-state index in [1.165, 1.54) is 5.56 Å². The highest BCUT2D eigenvalue weighted by Crippen LogP contribution is 2.16. The summed E-state index contributed by atoms with van der Waals surface area (Å²) in [5, 5.41) is 18.2. The molecule has 1 saturated heterocycles. The number of aliphatic hydroxyl groups excluding tert-OH is 2. The number of hydrogen-bond donors (Lipinski definition) is 2. The first-order chi connectivity index (χ1) is 10.8. The molecule has 1 heterocycles. The molecular weight excluding hydrogens is 280 g/mol. The van der Waals surface area contributed by atoms with E-state index in [4.69, 9.17) is 14.9 Å². The second kappa shape index (κ2) is 9.79. The number of rotatable bonds is 9. The van der Waals surface area contributed by atoms with Crippen molar-refractivity contribution < 1.29 is 14.9 Å². The van der Waals surface area contributed by atoms with Gasteiger partial charge in [-0.2, -0.15) is 0 Å². The van der Waals surface area contributed by atoms with E-state index in [2.05, 4.69) is 29.2 Å². The van der Waals surface area contributed by atoms with Gasteiger partial charge in [0.1, 0.15) is 0 Å². The summed E-state index contributed by atoms with van der Waals surface area (Å²) in [7, 11) is 0. The zero-order chi connectivity index (χ0) is 15.6. The summed E-state index contributed by atoms with van der Waals surface area (Å²) in [5.41, 5.74) is 2.39. The number of ether oxygens (including phenoxy) is 1. The van der Waals surface area contributed by atoms with Crippen LogP contribution in [0, 0.1) is 0 Å². The monoisotopic (exact) mass is 308 g/mol. The van der Waals surface area contributed by atoms with Crippen LogP contribution in [0.1, 0.15) is 12.0 Å². The second-order valence-electron chi connectivity index (χ2n) is 5.66. The minimum absolute atomic E-state index is 0.0985. The van der Waals surface area contributed by atoms with Gasteiger partial charge in [-0.05, 0) is 37.1 Å². The molecule has 0 saturated carbocycles. The second-order valence-corrected chi connectivity index (χ2v) is 5.66. The summed E-state index contributed by atoms with van der Waals surface area (Å²) in [6.45, 7) is 6.26. The highest BCUT2D eigenvalue weighted by Gasteiger charge is 2.09. The van der Waals surface area contributed by atoms with Crippen LogP contribution in [0.3, 0.4) is 0 Å². The number of nitrogens with zero attached hydrogens (tertiary/aromatic N) is 2. The van der Waals surface area contributed by atoms with Gasteiger partial charge in [-0.15, -0.1) is 0 Å². The first-order valence-electron chi connectivity index (χ1n) is 8.19. The lowest BCUT2D eigenvalue weighted by Crippen LogP contribution is -2.36. The van der Waals surface area contributed by atoms with Crippen molar-refractivity contribution in [3.05, 3.63) is 29.8 Å². The molecule has 2 rings (SSSR count). The molecule has 0 radical (unpaired) electrons. The van der Waals surface area contributed by atoms with Crippen LogP contribution >= 0.6 is 0 Å². The van der Waals surface area contributed by atoms with Gasteiger partial charge in [0.05, 0.1) is 26.4 Å². The van der Waals surface area contributed by atoms with Gasteiger partial charge in [0.2, 0.25) is 0 Å². The van der Waals surface area contributed by atoms with Crippen LogP contribution in [0.4, 0.5) is 5.69 Å². The van der Waals surface area contributed by atoms with E-state index in [0.29, 0.717) is 13.1 Å². The van der Waals surface area contributed by atoms with Crippen LogP contribution in [0.15, 0.2) is 24.3 Å². The predicted octanol–water partition coefficient (Wildman–Crippen LogP) is 0.742. The lowest BCUT2D eigenvalue weighted by molar-refractivity contribution is 0.0375. The number of anilines is 1. The summed E-state index contributed by atoms with van der Waals surface area (Å²) in [6, 6.07) is 8.46. The Morgan fingerprint density at radius 1 is 1.00 bits per heavy atom. The quantitative estimate of drug-likeness (QED) is 0.705. The molecule has 1 aromatic carbocycles. The van der Waals surface area contributed by atoms with Crippen LogP contribution in [0.2, 0.25) is 0 Å². The Labute approximate surface area is 133 Å². The Morgan fingerprint density at radius 3 is 2.23 bits per heavy atom. The Morgan fingerprint density at radius 2 is 1.64 bits per heavy atom. The molecule has 124 valence electrons. The van der Waals surface area contributed by atoms with Crippen molar-refractivity contribution in [1.82, 2.24) is 4.90 Å². The maximum atomic E-state index is 9.08. The zero-order valence-electron chi connectivity index (χ0n) is 13.3. The van der Waals surface area contributed by atoms with Crippen LogP contribution in [-0.2, 0) is 11.2 Å². The molecule has 5 nitrogen and oxygen atoms in total. The van der Waals surface area contributed by atoms with Crippen molar-refractivity contribution in [2.75, 3.05) is 64.1 Å². The molecule has 22 heavy (non-hydrogen) atoms. The van der Waals surface area contributed by atoms with Gasteiger partial charge in [-0.25, -0.2) is 0 Å². The number of morpholine rings is 1. The van der Waals surface area contributed by atoms with Crippen LogP contribution in [-0.4, -0.2) is 74.3 Å². The molecule has 2 N–H and O–H groups in total. The van der Waals surface area contributed by atoms with Crippen molar-refractivity contribution in [3.63, 3.8) is 0 Å². The number of aryl methyl sites for hydroxylation is 1. The average molecular weight is 308 g/mol. The molecule has 0 unspecified atom stereocenters. The summed E-state index contributed by atoms with van der Waals surface area (Å²) >= 11 is 0.